The molecule has 4 aromatic carbocycles. The third-order valence-electron chi connectivity index (χ3n) is 16.2. The molecule has 0 spiro atoms. The average Bonchev–Trinajstić information content (AvgIpc) is 3.86. The lowest BCUT2D eigenvalue weighted by Gasteiger charge is -2.38. The van der Waals surface area contributed by atoms with Crippen molar-refractivity contribution in [2.45, 2.75) is 121 Å². The summed E-state index contributed by atoms with van der Waals surface area (Å²) in [7, 11) is 4.76. The number of nitrogens with zero attached hydrogens (tertiary/aromatic N) is 7. The van der Waals surface area contributed by atoms with Gasteiger partial charge in [-0.1, -0.05) is 86.3 Å². The third kappa shape index (κ3) is 15.4. The van der Waals surface area contributed by atoms with Crippen LogP contribution in [-0.2, 0) is 41.1 Å². The first-order valence-electron chi connectivity index (χ1n) is 29.1. The summed E-state index contributed by atoms with van der Waals surface area (Å²) < 4.78 is 51.4. The topological polar surface area (TPSA) is 210 Å². The molecule has 18 nitrogen and oxygen atoms in total. The Morgan fingerprint density at radius 1 is 0.847 bits per heavy atom. The number of nitrogens with one attached hydrogen (secondary N) is 4. The van der Waals surface area contributed by atoms with E-state index in [-0.39, 0.29) is 65.4 Å². The summed E-state index contributed by atoms with van der Waals surface area (Å²) in [5, 5.41) is 28.9. The van der Waals surface area contributed by atoms with E-state index in [0.717, 1.165) is 29.5 Å². The molecule has 7 aromatic rings. The number of benzene rings is 4. The predicted octanol–water partition coefficient (Wildman–Crippen LogP) is 8.75. The van der Waals surface area contributed by atoms with E-state index >= 15 is 0 Å². The number of hydrogen-bond acceptors (Lipinski definition) is 11. The van der Waals surface area contributed by atoms with Crippen LogP contribution in [0.15, 0.2) is 108 Å². The van der Waals surface area contributed by atoms with Crippen LogP contribution in [0.25, 0.3) is 33.2 Å². The second-order valence-corrected chi connectivity index (χ2v) is 22.3. The number of fused-ring (bicyclic) bond motifs is 2. The Hall–Kier alpha value is -8.64. The van der Waals surface area contributed by atoms with E-state index in [1.165, 1.54) is 29.6 Å². The number of carbonyl (C=O) groups excluding carboxylic acids is 4. The molecule has 4 amide bonds. The number of methoxy groups -OCH3 is 1. The molecule has 0 radical (unpaired) electrons. The van der Waals surface area contributed by atoms with Crippen LogP contribution in [0.1, 0.15) is 111 Å². The number of aryl methyl sites for hydroxylation is 1. The molecule has 0 bridgehead atoms. The van der Waals surface area contributed by atoms with E-state index in [4.69, 9.17) is 4.74 Å². The van der Waals surface area contributed by atoms with Gasteiger partial charge in [-0.05, 0) is 97.9 Å². The number of alkyl halides is 3. The molecule has 2 saturated heterocycles. The Kier molecular flexibility index (Phi) is 19.6. The highest BCUT2D eigenvalue weighted by Crippen LogP contribution is 2.33. The smallest absolute Gasteiger partial charge is 0.406 e. The zero-order valence-corrected chi connectivity index (χ0v) is 48.6. The molecule has 85 heavy (non-hydrogen) atoms. The number of aromatic nitrogens is 5. The summed E-state index contributed by atoms with van der Waals surface area (Å²) in [6.07, 6.45) is 3.18. The van der Waals surface area contributed by atoms with Gasteiger partial charge in [0.05, 0.1) is 54.7 Å². The van der Waals surface area contributed by atoms with Crippen molar-refractivity contribution in [2.75, 3.05) is 57.5 Å². The van der Waals surface area contributed by atoms with E-state index < -0.39 is 18.3 Å². The minimum atomic E-state index is -4.49. The van der Waals surface area contributed by atoms with Gasteiger partial charge in [-0.25, -0.2) is 4.98 Å². The first kappa shape index (κ1) is 60.9. The summed E-state index contributed by atoms with van der Waals surface area (Å²) in [5.41, 5.74) is 4.86. The molecule has 2 aliphatic rings. The summed E-state index contributed by atoms with van der Waals surface area (Å²) in [5.74, 6) is 6.16. The summed E-state index contributed by atoms with van der Waals surface area (Å²) >= 11 is 0. The van der Waals surface area contributed by atoms with Gasteiger partial charge in [0.15, 0.2) is 5.52 Å². The third-order valence-corrected chi connectivity index (χ3v) is 16.2. The number of piperidine rings is 2. The molecule has 5 heterocycles. The van der Waals surface area contributed by atoms with Gasteiger partial charge in [0.25, 0.3) is 11.5 Å². The highest BCUT2D eigenvalue weighted by molar-refractivity contribution is 5.96. The van der Waals surface area contributed by atoms with Crippen molar-refractivity contribution in [3.63, 3.8) is 0 Å². The van der Waals surface area contributed by atoms with Crippen LogP contribution < -0.4 is 31.6 Å². The van der Waals surface area contributed by atoms with E-state index in [1.54, 1.807) is 53.0 Å². The van der Waals surface area contributed by atoms with E-state index in [1.807, 2.05) is 72.5 Å². The zero-order chi connectivity index (χ0) is 60.3. The maximum Gasteiger partial charge on any atom is 0.406 e. The quantitative estimate of drug-likeness (QED) is 0.0320. The molecule has 5 N–H and O–H groups in total. The van der Waals surface area contributed by atoms with Crippen molar-refractivity contribution in [1.82, 2.24) is 44.3 Å². The van der Waals surface area contributed by atoms with Crippen molar-refractivity contribution >= 4 is 56.9 Å². The highest BCUT2D eigenvalue weighted by atomic mass is 19.4. The number of hydrogen-bond donors (Lipinski definition) is 5. The number of aliphatic hydroxyl groups is 1. The van der Waals surface area contributed by atoms with Gasteiger partial charge < -0.3 is 45.5 Å². The van der Waals surface area contributed by atoms with E-state index in [0.29, 0.717) is 135 Å². The second-order valence-electron chi connectivity index (χ2n) is 22.3. The molecule has 2 fully saturated rings. The zero-order valence-electron chi connectivity index (χ0n) is 48.6. The Morgan fingerprint density at radius 3 is 2.27 bits per heavy atom. The van der Waals surface area contributed by atoms with Gasteiger partial charge in [-0.3, -0.25) is 33.2 Å². The van der Waals surface area contributed by atoms with Crippen LogP contribution >= 0.6 is 0 Å². The lowest BCUT2D eigenvalue weighted by Crippen LogP contribution is -2.49. The van der Waals surface area contributed by atoms with E-state index in [9.17, 15) is 42.3 Å². The second kappa shape index (κ2) is 27.4. The van der Waals surface area contributed by atoms with Gasteiger partial charge in [0.1, 0.15) is 17.8 Å². The van der Waals surface area contributed by atoms with Crippen molar-refractivity contribution < 1.29 is 42.2 Å². The molecular formula is C64H74F3N11O7. The number of amides is 4. The van der Waals surface area contributed by atoms with Gasteiger partial charge >= 0.3 is 6.18 Å². The predicted molar refractivity (Wildman–Crippen MR) is 321 cm³/mol. The Labute approximate surface area is 492 Å². The number of rotatable bonds is 22. The van der Waals surface area contributed by atoms with Gasteiger partial charge in [-0.15, -0.1) is 0 Å². The van der Waals surface area contributed by atoms with E-state index in [2.05, 4.69) is 43.2 Å². The van der Waals surface area contributed by atoms with Gasteiger partial charge in [-0.2, -0.15) is 18.3 Å². The molecule has 9 rings (SSSR count). The molecule has 0 saturated carbocycles. The van der Waals surface area contributed by atoms with Crippen LogP contribution in [0.4, 0.5) is 24.5 Å². The Balaban J connectivity index is 0.675. The fraction of sp³-hybridized carbons (Fsp3) is 0.422. The van der Waals surface area contributed by atoms with Crippen LogP contribution in [0.5, 0.6) is 5.75 Å². The lowest BCUT2D eigenvalue weighted by atomic mass is 9.90. The molecular weight excluding hydrogens is 1090 g/mol. The molecule has 0 aliphatic carbocycles. The Morgan fingerprint density at radius 2 is 1.56 bits per heavy atom. The standard InChI is InChI=1S/C64H74F3N11O7/c1-43(45-14-8-7-9-15-45)36-57(81)76-34-29-63(84,30-35-76)40-77-42-71-58-59(62(77)83)73-74(3)60(58)46-23-21-44(22-24-46)39-70-55(79)19-10-5-6-11-20-56(80)75-32-27-48(28-33-75)72-51-17-12-18-53-50(51)38-49(78(53)41-64(65,66)67)16-13-31-69-52-26-25-47(61(82)68-2)37-54(52)85-4/h7-9,12,14-15,17-18,21-26,37-38,42-43,48,69,72,84H,5-6,10-11,19-20,27-36,39-41H2,1-4H3,(H,68,82)(H,70,79)/t43-/m1/s1. The lowest BCUT2D eigenvalue weighted by molar-refractivity contribution is -0.140. The summed E-state index contributed by atoms with van der Waals surface area (Å²) in [6, 6.07) is 29.4. The van der Waals surface area contributed by atoms with Crippen molar-refractivity contribution in [1.29, 1.82) is 0 Å². The average molecular weight is 1170 g/mol. The van der Waals surface area contributed by atoms with Crippen LogP contribution in [-0.4, -0.2) is 127 Å². The Bertz CT molecular complexity index is 3630. The molecule has 0 unspecified atom stereocenters. The first-order chi connectivity index (χ1) is 40.9. The largest absolute Gasteiger partial charge is 0.495 e. The number of likely N-dealkylation sites (tertiary alicyclic amines) is 2. The summed E-state index contributed by atoms with van der Waals surface area (Å²) in [6.45, 7) is 3.23. The number of ether oxygens (including phenoxy) is 1. The number of halogens is 3. The highest BCUT2D eigenvalue weighted by Gasteiger charge is 2.36. The molecule has 2 aliphatic heterocycles. The van der Waals surface area contributed by atoms with Crippen LogP contribution in [0, 0.1) is 11.8 Å². The minimum absolute atomic E-state index is 0.00703. The maximum atomic E-state index is 13.9. The summed E-state index contributed by atoms with van der Waals surface area (Å²) in [4.78, 5) is 73.3. The maximum absolute atomic E-state index is 13.9. The van der Waals surface area contributed by atoms with Gasteiger partial charge in [0.2, 0.25) is 17.7 Å². The number of carbonyl (C=O) groups is 4. The fourth-order valence-corrected chi connectivity index (χ4v) is 11.4. The van der Waals surface area contributed by atoms with Crippen LogP contribution in [0.3, 0.4) is 0 Å². The van der Waals surface area contributed by atoms with Crippen molar-refractivity contribution in [3.05, 3.63) is 136 Å². The van der Waals surface area contributed by atoms with Gasteiger partial charge in [0, 0.05) is 94.3 Å². The SMILES string of the molecule is CNC(=O)c1ccc(NCC#Cc2cc3c(NC4CCN(C(=O)CCCCCCC(=O)NCc5ccc(-c6c7ncn(CC8(O)CCN(C(=O)C[C@@H](C)c9ccccc9)CC8)c(=O)c7nn6C)cc5)CC4)cccc3n2CC(F)(F)F)c(OC)c1. The number of unbranched alkanes of at least 4 members (excludes halogenated alkanes) is 3. The molecule has 21 heteroatoms. The normalized spacial score (nSPS) is 14.8. The number of anilines is 2. The molecule has 1 atom stereocenters. The van der Waals surface area contributed by atoms with Crippen molar-refractivity contribution in [3.8, 4) is 28.8 Å². The fourth-order valence-electron chi connectivity index (χ4n) is 11.4. The van der Waals surface area contributed by atoms with Crippen LogP contribution in [0.2, 0.25) is 0 Å². The molecule has 448 valence electrons. The minimum Gasteiger partial charge on any atom is -0.495 e. The first-order valence-corrected chi connectivity index (χ1v) is 29.1. The van der Waals surface area contributed by atoms with Crippen molar-refractivity contribution in [2.24, 2.45) is 7.05 Å². The monoisotopic (exact) mass is 1170 g/mol. The molecule has 3 aromatic heterocycles.